The standard InChI is InChI=1S/C15H17ClFN/c16-12-4-3-5-13(17)14(12)15(8-1-2-9-15)10-18-11-6-7-11/h1-5,11,18H,6-10H2. The third kappa shape index (κ3) is 2.19. The molecule has 2 aliphatic carbocycles. The summed E-state index contributed by atoms with van der Waals surface area (Å²) in [4.78, 5) is 0. The molecule has 1 aromatic rings. The number of hydrogen-bond donors (Lipinski definition) is 1. The molecule has 96 valence electrons. The van der Waals surface area contributed by atoms with Gasteiger partial charge in [-0.2, -0.15) is 0 Å². The molecule has 1 aromatic carbocycles. The van der Waals surface area contributed by atoms with Crippen LogP contribution < -0.4 is 5.32 Å². The molecule has 2 aliphatic rings. The number of benzene rings is 1. The molecule has 1 nitrogen and oxygen atoms in total. The average Bonchev–Trinajstić information content (AvgIpc) is 3.06. The van der Waals surface area contributed by atoms with E-state index in [0.29, 0.717) is 16.6 Å². The van der Waals surface area contributed by atoms with Crippen LogP contribution in [0.5, 0.6) is 0 Å². The van der Waals surface area contributed by atoms with E-state index in [-0.39, 0.29) is 11.2 Å². The van der Waals surface area contributed by atoms with Crippen molar-refractivity contribution in [3.8, 4) is 0 Å². The Morgan fingerprint density at radius 2 is 2.00 bits per heavy atom. The summed E-state index contributed by atoms with van der Waals surface area (Å²) in [6, 6.07) is 5.61. The van der Waals surface area contributed by atoms with Gasteiger partial charge in [-0.05, 0) is 37.8 Å². The summed E-state index contributed by atoms with van der Waals surface area (Å²) in [6.07, 6.45) is 8.50. The van der Waals surface area contributed by atoms with Gasteiger partial charge in [0.1, 0.15) is 5.82 Å². The molecule has 0 bridgehead atoms. The lowest BCUT2D eigenvalue weighted by Gasteiger charge is -2.31. The number of allylic oxidation sites excluding steroid dienone is 2. The fraction of sp³-hybridized carbons (Fsp3) is 0.467. The molecule has 0 unspecified atom stereocenters. The second-order valence-corrected chi connectivity index (χ2v) is 5.82. The van der Waals surface area contributed by atoms with Gasteiger partial charge in [-0.25, -0.2) is 4.39 Å². The van der Waals surface area contributed by atoms with E-state index >= 15 is 0 Å². The van der Waals surface area contributed by atoms with Crippen LogP contribution in [0.3, 0.4) is 0 Å². The minimum atomic E-state index is -0.189. The molecule has 0 saturated heterocycles. The summed E-state index contributed by atoms with van der Waals surface area (Å²) >= 11 is 6.23. The van der Waals surface area contributed by atoms with Crippen LogP contribution in [-0.4, -0.2) is 12.6 Å². The fourth-order valence-electron chi connectivity index (χ4n) is 2.77. The predicted octanol–water partition coefficient (Wildman–Crippen LogP) is 3.82. The number of rotatable bonds is 4. The highest BCUT2D eigenvalue weighted by Gasteiger charge is 2.38. The topological polar surface area (TPSA) is 12.0 Å². The summed E-state index contributed by atoms with van der Waals surface area (Å²) in [5.41, 5.74) is 0.496. The maximum atomic E-state index is 14.1. The summed E-state index contributed by atoms with van der Waals surface area (Å²) < 4.78 is 14.1. The third-order valence-electron chi connectivity index (χ3n) is 3.98. The first-order valence-electron chi connectivity index (χ1n) is 6.54. The van der Waals surface area contributed by atoms with Gasteiger partial charge in [0.25, 0.3) is 0 Å². The van der Waals surface area contributed by atoms with E-state index < -0.39 is 0 Å². The molecule has 0 radical (unpaired) electrons. The first-order valence-corrected chi connectivity index (χ1v) is 6.92. The average molecular weight is 266 g/mol. The molecule has 3 rings (SSSR count). The normalized spacial score (nSPS) is 21.4. The molecule has 0 heterocycles. The Kier molecular flexibility index (Phi) is 3.16. The Bertz CT molecular complexity index is 451. The van der Waals surface area contributed by atoms with Gasteiger partial charge in [-0.3, -0.25) is 0 Å². The molecule has 1 fully saturated rings. The first-order chi connectivity index (χ1) is 8.71. The Hall–Kier alpha value is -0.860. The van der Waals surface area contributed by atoms with Crippen molar-refractivity contribution in [1.29, 1.82) is 0 Å². The Labute approximate surface area is 112 Å². The minimum Gasteiger partial charge on any atom is -0.313 e. The molecular formula is C15H17ClFN. The van der Waals surface area contributed by atoms with Crippen LogP contribution in [0, 0.1) is 5.82 Å². The maximum Gasteiger partial charge on any atom is 0.128 e. The first kappa shape index (κ1) is 12.2. The minimum absolute atomic E-state index is 0.177. The monoisotopic (exact) mass is 265 g/mol. The van der Waals surface area contributed by atoms with Crippen LogP contribution in [0.4, 0.5) is 4.39 Å². The molecule has 0 spiro atoms. The van der Waals surface area contributed by atoms with Crippen molar-refractivity contribution in [3.05, 3.63) is 46.8 Å². The molecule has 0 aliphatic heterocycles. The zero-order chi connectivity index (χ0) is 12.6. The van der Waals surface area contributed by atoms with Crippen LogP contribution in [0.25, 0.3) is 0 Å². The predicted molar refractivity (Wildman–Crippen MR) is 72.5 cm³/mol. The molecule has 3 heteroatoms. The van der Waals surface area contributed by atoms with E-state index in [4.69, 9.17) is 11.6 Å². The summed E-state index contributed by atoms with van der Waals surface area (Å²) in [5.74, 6) is -0.177. The van der Waals surface area contributed by atoms with Gasteiger partial charge < -0.3 is 5.32 Å². The molecule has 0 atom stereocenters. The van der Waals surface area contributed by atoms with Gasteiger partial charge in [-0.1, -0.05) is 29.8 Å². The van der Waals surface area contributed by atoms with E-state index in [1.165, 1.54) is 18.9 Å². The lowest BCUT2D eigenvalue weighted by atomic mass is 9.77. The van der Waals surface area contributed by atoms with Crippen molar-refractivity contribution in [2.45, 2.75) is 37.1 Å². The van der Waals surface area contributed by atoms with E-state index in [0.717, 1.165) is 19.4 Å². The van der Waals surface area contributed by atoms with Crippen molar-refractivity contribution < 1.29 is 4.39 Å². The number of halogens is 2. The quantitative estimate of drug-likeness (QED) is 0.816. The maximum absolute atomic E-state index is 14.1. The summed E-state index contributed by atoms with van der Waals surface area (Å²) in [5, 5.41) is 4.08. The van der Waals surface area contributed by atoms with E-state index in [2.05, 4.69) is 17.5 Å². The van der Waals surface area contributed by atoms with Gasteiger partial charge in [0.2, 0.25) is 0 Å². The zero-order valence-electron chi connectivity index (χ0n) is 10.3. The van der Waals surface area contributed by atoms with Gasteiger partial charge >= 0.3 is 0 Å². The van der Waals surface area contributed by atoms with Crippen LogP contribution in [0.15, 0.2) is 30.4 Å². The van der Waals surface area contributed by atoms with Crippen LogP contribution in [0.1, 0.15) is 31.2 Å². The molecule has 1 N–H and O–H groups in total. The van der Waals surface area contributed by atoms with E-state index in [1.54, 1.807) is 12.1 Å². The van der Waals surface area contributed by atoms with Crippen molar-refractivity contribution in [1.82, 2.24) is 5.32 Å². The smallest absolute Gasteiger partial charge is 0.128 e. The van der Waals surface area contributed by atoms with E-state index in [9.17, 15) is 4.39 Å². The van der Waals surface area contributed by atoms with Crippen LogP contribution in [-0.2, 0) is 5.41 Å². The van der Waals surface area contributed by atoms with Crippen LogP contribution in [0.2, 0.25) is 5.02 Å². The van der Waals surface area contributed by atoms with Gasteiger partial charge in [0.05, 0.1) is 0 Å². The molecule has 1 saturated carbocycles. The van der Waals surface area contributed by atoms with E-state index in [1.807, 2.05) is 0 Å². The Morgan fingerprint density at radius 1 is 1.28 bits per heavy atom. The van der Waals surface area contributed by atoms with Gasteiger partial charge in [-0.15, -0.1) is 0 Å². The highest BCUT2D eigenvalue weighted by atomic mass is 35.5. The fourth-order valence-corrected chi connectivity index (χ4v) is 3.13. The highest BCUT2D eigenvalue weighted by Crippen LogP contribution is 2.42. The zero-order valence-corrected chi connectivity index (χ0v) is 11.0. The summed E-state index contributed by atoms with van der Waals surface area (Å²) in [7, 11) is 0. The summed E-state index contributed by atoms with van der Waals surface area (Å²) in [6.45, 7) is 0.811. The van der Waals surface area contributed by atoms with Gasteiger partial charge in [0.15, 0.2) is 0 Å². The number of hydrogen-bond acceptors (Lipinski definition) is 1. The van der Waals surface area contributed by atoms with Crippen molar-refractivity contribution in [2.75, 3.05) is 6.54 Å². The Morgan fingerprint density at radius 3 is 2.61 bits per heavy atom. The molecule has 0 amide bonds. The lowest BCUT2D eigenvalue weighted by Crippen LogP contribution is -2.38. The number of nitrogens with one attached hydrogen (secondary N) is 1. The third-order valence-corrected chi connectivity index (χ3v) is 4.30. The lowest BCUT2D eigenvalue weighted by molar-refractivity contribution is 0.398. The second-order valence-electron chi connectivity index (χ2n) is 5.41. The van der Waals surface area contributed by atoms with Crippen molar-refractivity contribution in [3.63, 3.8) is 0 Å². The molecular weight excluding hydrogens is 249 g/mol. The Balaban J connectivity index is 1.92. The molecule has 0 aromatic heterocycles. The second kappa shape index (κ2) is 4.67. The molecule has 18 heavy (non-hydrogen) atoms. The SMILES string of the molecule is Fc1cccc(Cl)c1C1(CNC2CC2)CC=CC1. The van der Waals surface area contributed by atoms with Gasteiger partial charge in [0, 0.05) is 28.6 Å². The van der Waals surface area contributed by atoms with Crippen molar-refractivity contribution >= 4 is 11.6 Å². The van der Waals surface area contributed by atoms with Crippen molar-refractivity contribution in [2.24, 2.45) is 0 Å². The highest BCUT2D eigenvalue weighted by molar-refractivity contribution is 6.31. The van der Waals surface area contributed by atoms with Crippen LogP contribution >= 0.6 is 11.6 Å². The largest absolute Gasteiger partial charge is 0.313 e.